The van der Waals surface area contributed by atoms with Gasteiger partial charge in [-0.15, -0.1) is 0 Å². The Bertz CT molecular complexity index is 615. The molecular weight excluding hydrogens is 306 g/mol. The summed E-state index contributed by atoms with van der Waals surface area (Å²) >= 11 is 3.43. The Labute approximate surface area is 119 Å². The van der Waals surface area contributed by atoms with Crippen LogP contribution in [0.15, 0.2) is 47.1 Å². The zero-order valence-electron chi connectivity index (χ0n) is 10.1. The van der Waals surface area contributed by atoms with Crippen LogP contribution >= 0.6 is 15.9 Å². The molecule has 2 heterocycles. The van der Waals surface area contributed by atoms with Crippen LogP contribution in [0.2, 0.25) is 0 Å². The summed E-state index contributed by atoms with van der Waals surface area (Å²) in [5.74, 6) is -0.0240. The van der Waals surface area contributed by atoms with Gasteiger partial charge in [-0.05, 0) is 30.3 Å². The van der Waals surface area contributed by atoms with Gasteiger partial charge in [0, 0.05) is 28.5 Å². The number of rotatable bonds is 3. The predicted molar refractivity (Wildman–Crippen MR) is 76.6 cm³/mol. The average molecular weight is 318 g/mol. The van der Waals surface area contributed by atoms with Crippen LogP contribution in [0.5, 0.6) is 0 Å². The molecule has 96 valence electrons. The molecular formula is C14H12BrN3O. The van der Waals surface area contributed by atoms with E-state index >= 15 is 0 Å². The Balaban J connectivity index is 1.79. The first-order valence-corrected chi connectivity index (χ1v) is 6.77. The van der Waals surface area contributed by atoms with Gasteiger partial charge in [0.05, 0.1) is 5.69 Å². The van der Waals surface area contributed by atoms with E-state index < -0.39 is 0 Å². The monoisotopic (exact) mass is 317 g/mol. The van der Waals surface area contributed by atoms with Gasteiger partial charge in [0.2, 0.25) is 5.91 Å². The number of carbonyl (C=O) groups excluding carboxylic acids is 1. The van der Waals surface area contributed by atoms with Crippen molar-refractivity contribution in [2.24, 2.45) is 0 Å². The third kappa shape index (κ3) is 2.52. The Morgan fingerprint density at radius 3 is 3.00 bits per heavy atom. The molecule has 19 heavy (non-hydrogen) atoms. The minimum absolute atomic E-state index is 0.0240. The molecule has 0 saturated heterocycles. The highest BCUT2D eigenvalue weighted by molar-refractivity contribution is 9.10. The van der Waals surface area contributed by atoms with Crippen LogP contribution in [-0.4, -0.2) is 10.9 Å². The van der Waals surface area contributed by atoms with Crippen LogP contribution in [-0.2, 0) is 11.3 Å². The third-order valence-electron chi connectivity index (χ3n) is 3.06. The highest BCUT2D eigenvalue weighted by atomic mass is 79.9. The van der Waals surface area contributed by atoms with E-state index in [1.165, 1.54) is 0 Å². The molecule has 1 amide bonds. The summed E-state index contributed by atoms with van der Waals surface area (Å²) in [6.07, 6.45) is 1.75. The molecule has 0 radical (unpaired) electrons. The number of benzene rings is 1. The van der Waals surface area contributed by atoms with E-state index in [-0.39, 0.29) is 11.9 Å². The maximum atomic E-state index is 12.0. The molecule has 0 spiro atoms. The van der Waals surface area contributed by atoms with Crippen LogP contribution in [0.25, 0.3) is 0 Å². The lowest BCUT2D eigenvalue weighted by atomic mass is 10.1. The van der Waals surface area contributed by atoms with E-state index in [1.807, 2.05) is 36.4 Å². The molecule has 4 nitrogen and oxygen atoms in total. The second kappa shape index (κ2) is 5.11. The van der Waals surface area contributed by atoms with E-state index in [1.54, 1.807) is 6.20 Å². The number of halogens is 1. The van der Waals surface area contributed by atoms with Crippen LogP contribution in [0, 0.1) is 0 Å². The number of nitrogens with one attached hydrogen (secondary N) is 2. The van der Waals surface area contributed by atoms with Crippen molar-refractivity contribution in [1.29, 1.82) is 0 Å². The maximum absolute atomic E-state index is 12.0. The second-order valence-electron chi connectivity index (χ2n) is 4.36. The number of hydrogen-bond donors (Lipinski definition) is 2. The molecule has 0 aliphatic carbocycles. The van der Waals surface area contributed by atoms with Gasteiger partial charge < -0.3 is 5.32 Å². The fraction of sp³-hybridized carbons (Fsp3) is 0.143. The molecule has 1 aromatic heterocycles. The van der Waals surface area contributed by atoms with Crippen LogP contribution in [0.1, 0.15) is 17.3 Å². The summed E-state index contributed by atoms with van der Waals surface area (Å²) in [5.41, 5.74) is 2.75. The number of hydrogen-bond acceptors (Lipinski definition) is 3. The minimum Gasteiger partial charge on any atom is -0.324 e. The van der Waals surface area contributed by atoms with Crippen molar-refractivity contribution in [2.45, 2.75) is 12.6 Å². The quantitative estimate of drug-likeness (QED) is 0.915. The van der Waals surface area contributed by atoms with Crippen molar-refractivity contribution < 1.29 is 4.79 Å². The number of fused-ring (bicyclic) bond motifs is 1. The van der Waals surface area contributed by atoms with Gasteiger partial charge in [-0.3, -0.25) is 15.1 Å². The molecule has 0 fully saturated rings. The number of pyridine rings is 1. The first-order valence-electron chi connectivity index (χ1n) is 5.97. The number of nitrogens with zero attached hydrogens (tertiary/aromatic N) is 1. The smallest absolute Gasteiger partial charge is 0.246 e. The van der Waals surface area contributed by atoms with Crippen molar-refractivity contribution in [2.75, 3.05) is 5.32 Å². The molecule has 2 N–H and O–H groups in total. The zero-order chi connectivity index (χ0) is 13.2. The average Bonchev–Trinajstić information content (AvgIpc) is 2.73. The largest absolute Gasteiger partial charge is 0.324 e. The third-order valence-corrected chi connectivity index (χ3v) is 3.55. The Morgan fingerprint density at radius 1 is 1.32 bits per heavy atom. The molecule has 1 atom stereocenters. The van der Waals surface area contributed by atoms with Gasteiger partial charge in [-0.25, -0.2) is 0 Å². The van der Waals surface area contributed by atoms with Crippen molar-refractivity contribution in [1.82, 2.24) is 10.3 Å². The van der Waals surface area contributed by atoms with Crippen molar-refractivity contribution >= 4 is 27.5 Å². The van der Waals surface area contributed by atoms with E-state index in [0.29, 0.717) is 6.54 Å². The number of aromatic nitrogens is 1. The maximum Gasteiger partial charge on any atom is 0.246 e. The second-order valence-corrected chi connectivity index (χ2v) is 5.27. The molecule has 5 heteroatoms. The van der Waals surface area contributed by atoms with Gasteiger partial charge in [-0.2, -0.15) is 0 Å². The summed E-state index contributed by atoms with van der Waals surface area (Å²) in [4.78, 5) is 16.2. The highest BCUT2D eigenvalue weighted by Gasteiger charge is 2.30. The normalized spacial score (nSPS) is 17.1. The molecule has 0 bridgehead atoms. The predicted octanol–water partition coefficient (Wildman–Crippen LogP) is 2.63. The van der Waals surface area contributed by atoms with Crippen molar-refractivity contribution in [3.63, 3.8) is 0 Å². The lowest BCUT2D eigenvalue weighted by Gasteiger charge is -2.11. The summed E-state index contributed by atoms with van der Waals surface area (Å²) in [7, 11) is 0. The van der Waals surface area contributed by atoms with Crippen LogP contribution < -0.4 is 10.6 Å². The first kappa shape index (κ1) is 12.3. The fourth-order valence-corrected chi connectivity index (χ4v) is 2.52. The SMILES string of the molecule is O=C1Nc2ccc(Br)cc2C1NCc1ccccn1. The van der Waals surface area contributed by atoms with Gasteiger partial charge >= 0.3 is 0 Å². The Kier molecular flexibility index (Phi) is 3.31. The lowest BCUT2D eigenvalue weighted by molar-refractivity contribution is -0.117. The molecule has 1 aliphatic heterocycles. The number of anilines is 1. The van der Waals surface area contributed by atoms with Gasteiger partial charge in [-0.1, -0.05) is 22.0 Å². The van der Waals surface area contributed by atoms with Crippen LogP contribution in [0.4, 0.5) is 5.69 Å². The minimum atomic E-state index is -0.325. The van der Waals surface area contributed by atoms with Crippen LogP contribution in [0.3, 0.4) is 0 Å². The summed E-state index contributed by atoms with van der Waals surface area (Å²) < 4.78 is 0.965. The summed E-state index contributed by atoms with van der Waals surface area (Å²) in [6.45, 7) is 0.560. The molecule has 1 aromatic carbocycles. The van der Waals surface area contributed by atoms with Gasteiger partial charge in [0.1, 0.15) is 6.04 Å². The lowest BCUT2D eigenvalue weighted by Crippen LogP contribution is -2.27. The van der Waals surface area contributed by atoms with Gasteiger partial charge in [0.25, 0.3) is 0 Å². The Morgan fingerprint density at radius 2 is 2.21 bits per heavy atom. The summed E-state index contributed by atoms with van der Waals surface area (Å²) in [5, 5.41) is 6.10. The molecule has 3 rings (SSSR count). The molecule has 1 unspecified atom stereocenters. The topological polar surface area (TPSA) is 54.0 Å². The van der Waals surface area contributed by atoms with E-state index in [0.717, 1.165) is 21.4 Å². The zero-order valence-corrected chi connectivity index (χ0v) is 11.6. The van der Waals surface area contributed by atoms with E-state index in [4.69, 9.17) is 0 Å². The fourth-order valence-electron chi connectivity index (χ4n) is 2.14. The van der Waals surface area contributed by atoms with Crippen molar-refractivity contribution in [3.8, 4) is 0 Å². The summed E-state index contributed by atoms with van der Waals surface area (Å²) in [6, 6.07) is 11.2. The Hall–Kier alpha value is -1.72. The van der Waals surface area contributed by atoms with E-state index in [9.17, 15) is 4.79 Å². The highest BCUT2D eigenvalue weighted by Crippen LogP contribution is 2.33. The standard InChI is InChI=1S/C14H12BrN3O/c15-9-4-5-12-11(7-9)13(14(19)18-12)17-8-10-3-1-2-6-16-10/h1-7,13,17H,8H2,(H,18,19). The molecule has 2 aromatic rings. The number of carbonyl (C=O) groups is 1. The van der Waals surface area contributed by atoms with Gasteiger partial charge in [0.15, 0.2) is 0 Å². The molecule has 0 saturated carbocycles. The molecule has 1 aliphatic rings. The van der Waals surface area contributed by atoms with E-state index in [2.05, 4.69) is 31.5 Å². The van der Waals surface area contributed by atoms with Crippen molar-refractivity contribution in [3.05, 3.63) is 58.3 Å². The number of amides is 1. The first-order chi connectivity index (χ1) is 9.24.